The van der Waals surface area contributed by atoms with Crippen molar-refractivity contribution in [2.75, 3.05) is 0 Å². The molecule has 0 radical (unpaired) electrons. The Balaban J connectivity index is 2.27. The normalized spacial score (nSPS) is 13.0. The Bertz CT molecular complexity index is 472. The Morgan fingerprint density at radius 3 is 2.75 bits per heavy atom. The molecule has 0 N–H and O–H groups in total. The average molecular weight is 340 g/mol. The van der Waals surface area contributed by atoms with E-state index in [-0.39, 0.29) is 5.38 Å². The molecule has 0 fully saturated rings. The Hall–Kier alpha value is 0.0400. The highest BCUT2D eigenvalue weighted by Crippen LogP contribution is 2.40. The number of rotatable bonds is 3. The monoisotopic (exact) mass is 338 g/mol. The lowest BCUT2D eigenvalue weighted by molar-refractivity contribution is 0.475. The van der Waals surface area contributed by atoms with E-state index in [1.54, 1.807) is 0 Å². The van der Waals surface area contributed by atoms with Crippen LogP contribution in [0.4, 0.5) is 0 Å². The lowest BCUT2D eigenvalue weighted by Gasteiger charge is -2.02. The molecular weight excluding hydrogens is 331 g/mol. The number of alkyl halides is 1. The largest absolute Gasteiger partial charge is 0.464 e. The summed E-state index contributed by atoms with van der Waals surface area (Å²) in [5.41, 5.74) is 0. The molecular formula is C11H9BrCl2OS. The van der Waals surface area contributed by atoms with Gasteiger partial charge in [0.2, 0.25) is 0 Å². The first-order valence-corrected chi connectivity index (χ1v) is 7.21. The molecule has 0 aliphatic rings. The van der Waals surface area contributed by atoms with Crippen LogP contribution in [0.15, 0.2) is 26.4 Å². The Kier molecular flexibility index (Phi) is 4.01. The molecule has 2 aromatic heterocycles. The number of thiophene rings is 1. The number of halogens is 3. The van der Waals surface area contributed by atoms with Crippen molar-refractivity contribution in [1.29, 1.82) is 0 Å². The smallest absolute Gasteiger partial charge is 0.127 e. The van der Waals surface area contributed by atoms with Gasteiger partial charge in [-0.1, -0.05) is 18.5 Å². The highest BCUT2D eigenvalue weighted by molar-refractivity contribution is 9.11. The fourth-order valence-electron chi connectivity index (χ4n) is 1.35. The SMILES string of the molecule is CCc1ccc(C(Cl)c2cc(Cl)c(Br)s2)o1. The maximum absolute atomic E-state index is 6.32. The van der Waals surface area contributed by atoms with Gasteiger partial charge in [-0.3, -0.25) is 0 Å². The molecule has 0 spiro atoms. The molecule has 0 aliphatic heterocycles. The standard InChI is InChI=1S/C11H9BrCl2OS/c1-2-6-3-4-8(15-6)10(14)9-5-7(13)11(12)16-9/h3-5,10H,2H2,1H3. The third-order valence-corrected chi connectivity index (χ3v) is 5.31. The van der Waals surface area contributed by atoms with Gasteiger partial charge in [0.05, 0.1) is 8.81 Å². The van der Waals surface area contributed by atoms with Crippen LogP contribution in [0.1, 0.15) is 28.7 Å². The second-order valence-electron chi connectivity index (χ2n) is 3.29. The van der Waals surface area contributed by atoms with Crippen molar-refractivity contribution in [2.24, 2.45) is 0 Å². The first kappa shape index (κ1) is 12.5. The first-order valence-electron chi connectivity index (χ1n) is 4.79. The van der Waals surface area contributed by atoms with Crippen molar-refractivity contribution in [3.63, 3.8) is 0 Å². The molecule has 1 unspecified atom stereocenters. The van der Waals surface area contributed by atoms with E-state index in [1.165, 1.54) is 11.3 Å². The van der Waals surface area contributed by atoms with Gasteiger partial charge in [-0.15, -0.1) is 22.9 Å². The minimum Gasteiger partial charge on any atom is -0.464 e. The van der Waals surface area contributed by atoms with Crippen LogP contribution in [0.3, 0.4) is 0 Å². The van der Waals surface area contributed by atoms with Gasteiger partial charge < -0.3 is 4.42 Å². The first-order chi connectivity index (χ1) is 7.61. The molecule has 1 nitrogen and oxygen atoms in total. The summed E-state index contributed by atoms with van der Waals surface area (Å²) in [6.45, 7) is 2.05. The lowest BCUT2D eigenvalue weighted by atomic mass is 10.3. The molecule has 0 saturated carbocycles. The fourth-order valence-corrected chi connectivity index (χ4v) is 3.40. The van der Waals surface area contributed by atoms with Crippen molar-refractivity contribution >= 4 is 50.5 Å². The van der Waals surface area contributed by atoms with E-state index in [4.69, 9.17) is 27.6 Å². The molecule has 2 heterocycles. The maximum Gasteiger partial charge on any atom is 0.127 e. The van der Waals surface area contributed by atoms with Crippen LogP contribution in [0.25, 0.3) is 0 Å². The second kappa shape index (κ2) is 5.13. The second-order valence-corrected chi connectivity index (χ2v) is 6.54. The minimum absolute atomic E-state index is 0.269. The summed E-state index contributed by atoms with van der Waals surface area (Å²) in [6.07, 6.45) is 0.874. The summed E-state index contributed by atoms with van der Waals surface area (Å²) in [5.74, 6) is 1.71. The topological polar surface area (TPSA) is 13.1 Å². The fraction of sp³-hybridized carbons (Fsp3) is 0.273. The predicted octanol–water partition coefficient (Wildman–Crippen LogP) is 5.65. The summed E-state index contributed by atoms with van der Waals surface area (Å²) in [6, 6.07) is 5.73. The van der Waals surface area contributed by atoms with Gasteiger partial charge in [-0.05, 0) is 34.1 Å². The molecule has 0 bridgehead atoms. The third-order valence-electron chi connectivity index (χ3n) is 2.19. The van der Waals surface area contributed by atoms with Crippen LogP contribution in [-0.4, -0.2) is 0 Å². The van der Waals surface area contributed by atoms with Crippen molar-refractivity contribution < 1.29 is 4.42 Å². The summed E-state index contributed by atoms with van der Waals surface area (Å²) in [7, 11) is 0. The molecule has 2 aromatic rings. The number of furan rings is 1. The molecule has 0 saturated heterocycles. The zero-order valence-electron chi connectivity index (χ0n) is 8.47. The lowest BCUT2D eigenvalue weighted by Crippen LogP contribution is -1.86. The van der Waals surface area contributed by atoms with Gasteiger partial charge in [-0.2, -0.15) is 0 Å². The van der Waals surface area contributed by atoms with Crippen LogP contribution < -0.4 is 0 Å². The minimum atomic E-state index is -0.269. The molecule has 0 amide bonds. The van der Waals surface area contributed by atoms with Gasteiger partial charge in [0.25, 0.3) is 0 Å². The molecule has 5 heteroatoms. The molecule has 1 atom stereocenters. The number of hydrogen-bond donors (Lipinski definition) is 0. The number of hydrogen-bond acceptors (Lipinski definition) is 2. The van der Waals surface area contributed by atoms with Gasteiger partial charge in [0.15, 0.2) is 0 Å². The zero-order chi connectivity index (χ0) is 11.7. The summed E-state index contributed by atoms with van der Waals surface area (Å²) < 4.78 is 6.51. The van der Waals surface area contributed by atoms with E-state index >= 15 is 0 Å². The van der Waals surface area contributed by atoms with Crippen molar-refractivity contribution in [2.45, 2.75) is 18.7 Å². The van der Waals surface area contributed by atoms with Crippen molar-refractivity contribution in [3.05, 3.63) is 43.4 Å². The van der Waals surface area contributed by atoms with Gasteiger partial charge in [0, 0.05) is 11.3 Å². The highest BCUT2D eigenvalue weighted by atomic mass is 79.9. The van der Waals surface area contributed by atoms with Crippen molar-refractivity contribution in [1.82, 2.24) is 0 Å². The van der Waals surface area contributed by atoms with E-state index < -0.39 is 0 Å². The van der Waals surface area contributed by atoms with E-state index in [0.717, 1.165) is 26.6 Å². The van der Waals surface area contributed by atoms with Crippen LogP contribution in [-0.2, 0) is 6.42 Å². The van der Waals surface area contributed by atoms with Crippen LogP contribution in [0, 0.1) is 0 Å². The highest BCUT2D eigenvalue weighted by Gasteiger charge is 2.18. The van der Waals surface area contributed by atoms with E-state index in [2.05, 4.69) is 15.9 Å². The molecule has 0 aromatic carbocycles. The maximum atomic E-state index is 6.32. The Morgan fingerprint density at radius 1 is 1.50 bits per heavy atom. The van der Waals surface area contributed by atoms with Gasteiger partial charge >= 0.3 is 0 Å². The predicted molar refractivity (Wildman–Crippen MR) is 72.8 cm³/mol. The number of aryl methyl sites for hydroxylation is 1. The summed E-state index contributed by atoms with van der Waals surface area (Å²) in [5, 5.41) is 0.419. The van der Waals surface area contributed by atoms with Crippen LogP contribution in [0.2, 0.25) is 5.02 Å². The van der Waals surface area contributed by atoms with Gasteiger partial charge in [0.1, 0.15) is 16.9 Å². The summed E-state index contributed by atoms with van der Waals surface area (Å²) >= 11 is 17.2. The molecule has 0 aliphatic carbocycles. The average Bonchev–Trinajstić information content (AvgIpc) is 2.86. The van der Waals surface area contributed by atoms with E-state index in [1.807, 2.05) is 25.1 Å². The Labute approximate surface area is 116 Å². The third kappa shape index (κ3) is 2.48. The Morgan fingerprint density at radius 2 is 2.25 bits per heavy atom. The molecule has 2 rings (SSSR count). The van der Waals surface area contributed by atoms with Crippen LogP contribution in [0.5, 0.6) is 0 Å². The van der Waals surface area contributed by atoms with Crippen LogP contribution >= 0.6 is 50.5 Å². The summed E-state index contributed by atoms with van der Waals surface area (Å²) in [4.78, 5) is 0.982. The zero-order valence-corrected chi connectivity index (χ0v) is 12.4. The molecule has 16 heavy (non-hydrogen) atoms. The molecule has 86 valence electrons. The van der Waals surface area contributed by atoms with Crippen molar-refractivity contribution in [3.8, 4) is 0 Å². The van der Waals surface area contributed by atoms with E-state index in [9.17, 15) is 0 Å². The van der Waals surface area contributed by atoms with E-state index in [0.29, 0.717) is 5.02 Å². The quantitative estimate of drug-likeness (QED) is 0.659. The van der Waals surface area contributed by atoms with Gasteiger partial charge in [-0.25, -0.2) is 0 Å².